The molecule has 2 heterocycles. The van der Waals surface area contributed by atoms with Crippen LogP contribution in [0.1, 0.15) is 63.0 Å². The van der Waals surface area contributed by atoms with Gasteiger partial charge in [-0.05, 0) is 11.3 Å². The van der Waals surface area contributed by atoms with Crippen LogP contribution >= 0.6 is 0 Å². The molecule has 122 valence electrons. The molecule has 0 fully saturated rings. The lowest BCUT2D eigenvalue weighted by molar-refractivity contribution is 0.0905. The van der Waals surface area contributed by atoms with Crippen molar-refractivity contribution in [3.63, 3.8) is 0 Å². The van der Waals surface area contributed by atoms with E-state index in [1.54, 1.807) is 12.4 Å². The highest BCUT2D eigenvalue weighted by Gasteiger charge is 2.27. The Hall–Kier alpha value is -2.42. The Balaban J connectivity index is 2.34. The number of hydrogen-bond donors (Lipinski definition) is 2. The van der Waals surface area contributed by atoms with Crippen molar-refractivity contribution in [1.29, 1.82) is 5.26 Å². The van der Waals surface area contributed by atoms with E-state index in [0.29, 0.717) is 16.7 Å². The highest BCUT2D eigenvalue weighted by atomic mass is 16.1. The Morgan fingerprint density at radius 3 is 2.70 bits per heavy atom. The SMILES string of the molecule is CC(C)c1cnc2[nH]cc(C(=O)NC(CC#N)C(C)(C)C)c2n1. The van der Waals surface area contributed by atoms with E-state index < -0.39 is 0 Å². The number of carbonyl (C=O) groups is 1. The summed E-state index contributed by atoms with van der Waals surface area (Å²) in [5, 5.41) is 11.9. The van der Waals surface area contributed by atoms with Crippen molar-refractivity contribution in [3.8, 4) is 6.07 Å². The molecule has 1 atom stereocenters. The fourth-order valence-electron chi connectivity index (χ4n) is 2.26. The van der Waals surface area contributed by atoms with Crippen molar-refractivity contribution < 1.29 is 4.79 Å². The van der Waals surface area contributed by atoms with Gasteiger partial charge in [0.25, 0.3) is 5.91 Å². The largest absolute Gasteiger partial charge is 0.348 e. The van der Waals surface area contributed by atoms with Gasteiger partial charge in [0.1, 0.15) is 5.52 Å². The van der Waals surface area contributed by atoms with Gasteiger partial charge in [0.15, 0.2) is 5.65 Å². The van der Waals surface area contributed by atoms with Crippen LogP contribution < -0.4 is 5.32 Å². The molecule has 0 aliphatic carbocycles. The van der Waals surface area contributed by atoms with Gasteiger partial charge in [-0.25, -0.2) is 9.97 Å². The number of nitrogens with one attached hydrogen (secondary N) is 2. The molecule has 0 spiro atoms. The van der Waals surface area contributed by atoms with Crippen molar-refractivity contribution in [2.45, 2.75) is 53.0 Å². The maximum absolute atomic E-state index is 12.6. The zero-order chi connectivity index (χ0) is 17.2. The summed E-state index contributed by atoms with van der Waals surface area (Å²) in [5.41, 5.74) is 2.26. The van der Waals surface area contributed by atoms with E-state index in [9.17, 15) is 4.79 Å². The van der Waals surface area contributed by atoms with E-state index in [0.717, 1.165) is 5.69 Å². The quantitative estimate of drug-likeness (QED) is 0.906. The number of fused-ring (bicyclic) bond motifs is 1. The van der Waals surface area contributed by atoms with Crippen LogP contribution in [0.15, 0.2) is 12.4 Å². The maximum atomic E-state index is 12.6. The summed E-state index contributed by atoms with van der Waals surface area (Å²) in [7, 11) is 0. The van der Waals surface area contributed by atoms with E-state index in [1.807, 2.05) is 34.6 Å². The van der Waals surface area contributed by atoms with Gasteiger partial charge in [-0.2, -0.15) is 5.26 Å². The molecular weight excluding hydrogens is 290 g/mol. The maximum Gasteiger partial charge on any atom is 0.255 e. The summed E-state index contributed by atoms with van der Waals surface area (Å²) >= 11 is 0. The molecule has 2 N–H and O–H groups in total. The second kappa shape index (κ2) is 6.37. The molecule has 0 aliphatic heterocycles. The zero-order valence-corrected chi connectivity index (χ0v) is 14.3. The second-order valence-electron chi connectivity index (χ2n) is 7.10. The Labute approximate surface area is 136 Å². The van der Waals surface area contributed by atoms with E-state index >= 15 is 0 Å². The average Bonchev–Trinajstić information content (AvgIpc) is 2.88. The summed E-state index contributed by atoms with van der Waals surface area (Å²) in [6.07, 6.45) is 3.61. The third kappa shape index (κ3) is 3.67. The molecule has 0 bridgehead atoms. The molecule has 0 aromatic carbocycles. The first-order chi connectivity index (χ1) is 10.7. The number of rotatable bonds is 4. The number of nitriles is 1. The van der Waals surface area contributed by atoms with Crippen LogP contribution in [0.3, 0.4) is 0 Å². The van der Waals surface area contributed by atoms with Crippen LogP contribution in [0, 0.1) is 16.7 Å². The average molecular weight is 313 g/mol. The van der Waals surface area contributed by atoms with Gasteiger partial charge in [-0.1, -0.05) is 34.6 Å². The molecular formula is C17H23N5O. The van der Waals surface area contributed by atoms with Crippen molar-refractivity contribution in [2.75, 3.05) is 0 Å². The molecule has 1 unspecified atom stereocenters. The fraction of sp³-hybridized carbons (Fsp3) is 0.529. The summed E-state index contributed by atoms with van der Waals surface area (Å²) in [4.78, 5) is 24.5. The van der Waals surface area contributed by atoms with Crippen LogP contribution in [0.2, 0.25) is 0 Å². The zero-order valence-electron chi connectivity index (χ0n) is 14.3. The molecule has 0 radical (unpaired) electrons. The van der Waals surface area contributed by atoms with Gasteiger partial charge in [-0.3, -0.25) is 4.79 Å². The second-order valence-corrected chi connectivity index (χ2v) is 7.10. The number of aromatic nitrogens is 3. The minimum atomic E-state index is -0.235. The minimum absolute atomic E-state index is 0.202. The Morgan fingerprint density at radius 1 is 1.43 bits per heavy atom. The number of carbonyl (C=O) groups excluding carboxylic acids is 1. The molecule has 0 saturated heterocycles. The lowest BCUT2D eigenvalue weighted by atomic mass is 9.85. The number of amides is 1. The van der Waals surface area contributed by atoms with Crippen LogP contribution in [0.25, 0.3) is 11.2 Å². The van der Waals surface area contributed by atoms with Crippen molar-refractivity contribution >= 4 is 17.1 Å². The normalized spacial score (nSPS) is 13.1. The third-order valence-electron chi connectivity index (χ3n) is 3.88. The Kier molecular flexibility index (Phi) is 4.69. The van der Waals surface area contributed by atoms with E-state index in [4.69, 9.17) is 5.26 Å². The lowest BCUT2D eigenvalue weighted by Gasteiger charge is -2.29. The smallest absolute Gasteiger partial charge is 0.255 e. The molecule has 6 nitrogen and oxygen atoms in total. The Morgan fingerprint density at radius 2 is 2.13 bits per heavy atom. The highest BCUT2D eigenvalue weighted by molar-refractivity contribution is 6.04. The lowest BCUT2D eigenvalue weighted by Crippen LogP contribution is -2.43. The van der Waals surface area contributed by atoms with Crippen molar-refractivity contribution in [3.05, 3.63) is 23.7 Å². The first kappa shape index (κ1) is 16.9. The van der Waals surface area contributed by atoms with Crippen LogP contribution in [0.4, 0.5) is 0 Å². The summed E-state index contributed by atoms with van der Waals surface area (Å²) in [6, 6.07) is 1.91. The summed E-state index contributed by atoms with van der Waals surface area (Å²) in [5.74, 6) is 0.000236. The van der Waals surface area contributed by atoms with Gasteiger partial charge in [0.05, 0.1) is 29.9 Å². The first-order valence-electron chi connectivity index (χ1n) is 7.76. The minimum Gasteiger partial charge on any atom is -0.348 e. The molecule has 0 aliphatic rings. The Bertz CT molecular complexity index is 748. The molecule has 23 heavy (non-hydrogen) atoms. The standard InChI is InChI=1S/C17H23N5O/c1-10(2)12-9-20-15-14(21-12)11(8-19-15)16(23)22-13(6-7-18)17(3,4)5/h8-10,13H,6H2,1-5H3,(H,19,20)(H,22,23). The van der Waals surface area contributed by atoms with Crippen molar-refractivity contribution in [1.82, 2.24) is 20.3 Å². The highest BCUT2D eigenvalue weighted by Crippen LogP contribution is 2.23. The number of aromatic amines is 1. The molecule has 2 aromatic rings. The topological polar surface area (TPSA) is 94.5 Å². The molecule has 1 amide bonds. The van der Waals surface area contributed by atoms with E-state index in [1.165, 1.54) is 0 Å². The summed E-state index contributed by atoms with van der Waals surface area (Å²) < 4.78 is 0. The van der Waals surface area contributed by atoms with Gasteiger partial charge >= 0.3 is 0 Å². The van der Waals surface area contributed by atoms with Gasteiger partial charge in [-0.15, -0.1) is 0 Å². The number of H-pyrrole nitrogens is 1. The summed E-state index contributed by atoms with van der Waals surface area (Å²) in [6.45, 7) is 10.1. The molecule has 0 saturated carbocycles. The predicted molar refractivity (Wildman–Crippen MR) is 88.9 cm³/mol. The monoisotopic (exact) mass is 313 g/mol. The molecule has 2 rings (SSSR count). The van der Waals surface area contributed by atoms with Crippen LogP contribution in [0.5, 0.6) is 0 Å². The molecule has 2 aromatic heterocycles. The van der Waals surface area contributed by atoms with E-state index in [2.05, 4.69) is 26.3 Å². The fourth-order valence-corrected chi connectivity index (χ4v) is 2.26. The third-order valence-corrected chi connectivity index (χ3v) is 3.88. The van der Waals surface area contributed by atoms with Crippen LogP contribution in [-0.4, -0.2) is 26.9 Å². The molecule has 6 heteroatoms. The van der Waals surface area contributed by atoms with Crippen molar-refractivity contribution in [2.24, 2.45) is 5.41 Å². The predicted octanol–water partition coefficient (Wildman–Crippen LogP) is 3.14. The van der Waals surface area contributed by atoms with Gasteiger partial charge in [0.2, 0.25) is 0 Å². The van der Waals surface area contributed by atoms with E-state index in [-0.39, 0.29) is 29.7 Å². The van der Waals surface area contributed by atoms with Gasteiger partial charge in [0, 0.05) is 12.2 Å². The first-order valence-corrected chi connectivity index (χ1v) is 7.76. The number of hydrogen-bond acceptors (Lipinski definition) is 4. The number of nitrogens with zero attached hydrogens (tertiary/aromatic N) is 3. The van der Waals surface area contributed by atoms with Crippen LogP contribution in [-0.2, 0) is 0 Å². The van der Waals surface area contributed by atoms with Gasteiger partial charge < -0.3 is 10.3 Å².